The van der Waals surface area contributed by atoms with Gasteiger partial charge in [0.2, 0.25) is 11.8 Å². The molecular weight excluding hydrogens is 309 g/mol. The summed E-state index contributed by atoms with van der Waals surface area (Å²) < 4.78 is 37.7. The van der Waals surface area contributed by atoms with Crippen molar-refractivity contribution in [3.8, 4) is 0 Å². The van der Waals surface area contributed by atoms with E-state index in [0.717, 1.165) is 18.2 Å². The van der Waals surface area contributed by atoms with Gasteiger partial charge in [-0.25, -0.2) is 0 Å². The average Bonchev–Trinajstić information content (AvgIpc) is 2.40. The third kappa shape index (κ3) is 7.49. The smallest absolute Gasteiger partial charge is 0.350 e. The van der Waals surface area contributed by atoms with Gasteiger partial charge in [0, 0.05) is 11.6 Å². The Balaban J connectivity index is 2.58. The van der Waals surface area contributed by atoms with Crippen LogP contribution in [0.5, 0.6) is 0 Å². The largest absolute Gasteiger partial charge is 0.416 e. The first-order chi connectivity index (χ1) is 10.5. The van der Waals surface area contributed by atoms with Gasteiger partial charge < -0.3 is 10.6 Å². The first-order valence-electron chi connectivity index (χ1n) is 6.91. The van der Waals surface area contributed by atoms with Crippen molar-refractivity contribution in [2.24, 2.45) is 0 Å². The van der Waals surface area contributed by atoms with E-state index < -0.39 is 23.2 Å². The fraction of sp³-hybridized carbons (Fsp3) is 0.375. The molecule has 0 bridgehead atoms. The summed E-state index contributed by atoms with van der Waals surface area (Å²) in [5.41, 5.74) is -0.950. The summed E-state index contributed by atoms with van der Waals surface area (Å²) in [4.78, 5) is 23.1. The molecule has 0 saturated carbocycles. The zero-order chi connectivity index (χ0) is 17.7. The van der Waals surface area contributed by atoms with Gasteiger partial charge in [-0.2, -0.15) is 13.2 Å². The lowest BCUT2D eigenvalue weighted by molar-refractivity contribution is -0.137. The molecule has 1 aromatic carbocycles. The van der Waals surface area contributed by atoms with Gasteiger partial charge in [-0.3, -0.25) is 9.59 Å². The molecule has 0 spiro atoms. The fourth-order valence-corrected chi connectivity index (χ4v) is 1.68. The van der Waals surface area contributed by atoms with Crippen molar-refractivity contribution >= 4 is 17.9 Å². The number of hydrogen-bond acceptors (Lipinski definition) is 2. The van der Waals surface area contributed by atoms with Gasteiger partial charge in [0.1, 0.15) is 0 Å². The number of alkyl halides is 3. The van der Waals surface area contributed by atoms with E-state index in [0.29, 0.717) is 0 Å². The molecule has 1 aromatic rings. The zero-order valence-electron chi connectivity index (χ0n) is 13.1. The predicted octanol–water partition coefficient (Wildman–Crippen LogP) is 2.75. The molecular formula is C16H19F3N2O2. The van der Waals surface area contributed by atoms with Gasteiger partial charge in [-0.15, -0.1) is 0 Å². The quantitative estimate of drug-likeness (QED) is 0.835. The summed E-state index contributed by atoms with van der Waals surface area (Å²) in [5.74, 6) is -0.912. The molecule has 7 heteroatoms. The Morgan fingerprint density at radius 3 is 2.39 bits per heavy atom. The fourth-order valence-electron chi connectivity index (χ4n) is 1.68. The van der Waals surface area contributed by atoms with E-state index in [1.807, 2.05) is 0 Å². The Hall–Kier alpha value is -2.31. The predicted molar refractivity (Wildman–Crippen MR) is 81.4 cm³/mol. The summed E-state index contributed by atoms with van der Waals surface area (Å²) in [5, 5.41) is 5.03. The minimum atomic E-state index is -4.43. The average molecular weight is 328 g/mol. The van der Waals surface area contributed by atoms with Crippen LogP contribution >= 0.6 is 0 Å². The Bertz CT molecular complexity index is 602. The summed E-state index contributed by atoms with van der Waals surface area (Å²) in [6.07, 6.45) is -2.09. The Kier molecular flexibility index (Phi) is 5.95. The van der Waals surface area contributed by atoms with Crippen molar-refractivity contribution in [1.82, 2.24) is 10.6 Å². The van der Waals surface area contributed by atoms with Crippen LogP contribution < -0.4 is 10.6 Å². The second-order valence-electron chi connectivity index (χ2n) is 5.97. The summed E-state index contributed by atoms with van der Waals surface area (Å²) in [6, 6.07) is 4.60. The van der Waals surface area contributed by atoms with E-state index in [1.54, 1.807) is 20.8 Å². The normalized spacial score (nSPS) is 12.3. The van der Waals surface area contributed by atoms with Crippen LogP contribution in [0.25, 0.3) is 6.08 Å². The molecule has 23 heavy (non-hydrogen) atoms. The van der Waals surface area contributed by atoms with E-state index in [4.69, 9.17) is 0 Å². The number of hydrogen-bond donors (Lipinski definition) is 2. The maximum Gasteiger partial charge on any atom is 0.416 e. The topological polar surface area (TPSA) is 58.2 Å². The molecule has 0 aliphatic rings. The monoisotopic (exact) mass is 328 g/mol. The van der Waals surface area contributed by atoms with E-state index in [1.165, 1.54) is 18.2 Å². The van der Waals surface area contributed by atoms with Gasteiger partial charge in [0.25, 0.3) is 0 Å². The van der Waals surface area contributed by atoms with Crippen LogP contribution in [0.4, 0.5) is 13.2 Å². The SMILES string of the molecule is CC(C)(C)NC(=O)CNC(=O)/C=C/c1cccc(C(F)(F)F)c1. The molecule has 2 amide bonds. The van der Waals surface area contributed by atoms with Crippen LogP contribution in [0.3, 0.4) is 0 Å². The molecule has 0 aliphatic heterocycles. The highest BCUT2D eigenvalue weighted by Gasteiger charge is 2.30. The third-order valence-corrected chi connectivity index (χ3v) is 2.58. The van der Waals surface area contributed by atoms with Gasteiger partial charge >= 0.3 is 6.18 Å². The van der Waals surface area contributed by atoms with Crippen molar-refractivity contribution in [3.05, 3.63) is 41.5 Å². The molecule has 0 atom stereocenters. The van der Waals surface area contributed by atoms with Crippen molar-refractivity contribution in [2.45, 2.75) is 32.5 Å². The first kappa shape index (κ1) is 18.7. The van der Waals surface area contributed by atoms with Crippen LogP contribution in [-0.2, 0) is 15.8 Å². The van der Waals surface area contributed by atoms with Gasteiger partial charge in [0.15, 0.2) is 0 Å². The van der Waals surface area contributed by atoms with Crippen LogP contribution in [0.15, 0.2) is 30.3 Å². The number of rotatable bonds is 4. The number of benzene rings is 1. The van der Waals surface area contributed by atoms with E-state index in [-0.39, 0.29) is 18.0 Å². The molecule has 0 fully saturated rings. The molecule has 2 N–H and O–H groups in total. The minimum Gasteiger partial charge on any atom is -0.350 e. The molecule has 4 nitrogen and oxygen atoms in total. The lowest BCUT2D eigenvalue weighted by Crippen LogP contribution is -2.45. The maximum atomic E-state index is 12.6. The Morgan fingerprint density at radius 1 is 1.17 bits per heavy atom. The highest BCUT2D eigenvalue weighted by molar-refractivity contribution is 5.94. The molecule has 1 rings (SSSR count). The van der Waals surface area contributed by atoms with Crippen molar-refractivity contribution in [2.75, 3.05) is 6.54 Å². The first-order valence-corrected chi connectivity index (χ1v) is 6.91. The number of carbonyl (C=O) groups excluding carboxylic acids is 2. The van der Waals surface area contributed by atoms with Crippen LogP contribution in [0.1, 0.15) is 31.9 Å². The van der Waals surface area contributed by atoms with E-state index >= 15 is 0 Å². The van der Waals surface area contributed by atoms with E-state index in [2.05, 4.69) is 10.6 Å². The molecule has 0 heterocycles. The standard InChI is InChI=1S/C16H19F3N2O2/c1-15(2,3)21-14(23)10-20-13(22)8-7-11-5-4-6-12(9-11)16(17,18)19/h4-9H,10H2,1-3H3,(H,20,22)(H,21,23)/b8-7+. The van der Waals surface area contributed by atoms with Crippen LogP contribution in [0, 0.1) is 0 Å². The second kappa shape index (κ2) is 7.30. The molecule has 0 aromatic heterocycles. The van der Waals surface area contributed by atoms with Gasteiger partial charge in [-0.05, 0) is 44.5 Å². The number of nitrogens with one attached hydrogen (secondary N) is 2. The summed E-state index contributed by atoms with van der Waals surface area (Å²) >= 11 is 0. The molecule has 126 valence electrons. The second-order valence-corrected chi connectivity index (χ2v) is 5.97. The van der Waals surface area contributed by atoms with Gasteiger partial charge in [0.05, 0.1) is 12.1 Å². The molecule has 0 unspecified atom stereocenters. The molecule has 0 saturated heterocycles. The third-order valence-electron chi connectivity index (χ3n) is 2.58. The minimum absolute atomic E-state index is 0.205. The highest BCUT2D eigenvalue weighted by Crippen LogP contribution is 2.29. The number of halogens is 3. The summed E-state index contributed by atoms with van der Waals surface area (Å²) in [6.45, 7) is 5.21. The van der Waals surface area contributed by atoms with E-state index in [9.17, 15) is 22.8 Å². The lowest BCUT2D eigenvalue weighted by Gasteiger charge is -2.20. The maximum absolute atomic E-state index is 12.6. The number of amides is 2. The van der Waals surface area contributed by atoms with Crippen molar-refractivity contribution in [1.29, 1.82) is 0 Å². The lowest BCUT2D eigenvalue weighted by atomic mass is 10.1. The zero-order valence-corrected chi connectivity index (χ0v) is 13.1. The Morgan fingerprint density at radius 2 is 1.83 bits per heavy atom. The highest BCUT2D eigenvalue weighted by atomic mass is 19.4. The van der Waals surface area contributed by atoms with Crippen LogP contribution in [0.2, 0.25) is 0 Å². The molecule has 0 radical (unpaired) electrons. The van der Waals surface area contributed by atoms with Gasteiger partial charge in [-0.1, -0.05) is 12.1 Å². The van der Waals surface area contributed by atoms with Crippen molar-refractivity contribution < 1.29 is 22.8 Å². The Labute approximate surface area is 132 Å². The van der Waals surface area contributed by atoms with Crippen LogP contribution in [-0.4, -0.2) is 23.9 Å². The van der Waals surface area contributed by atoms with Crippen molar-refractivity contribution in [3.63, 3.8) is 0 Å². The molecule has 0 aliphatic carbocycles. The number of carbonyl (C=O) groups is 2. The summed E-state index contributed by atoms with van der Waals surface area (Å²) in [7, 11) is 0.